The van der Waals surface area contributed by atoms with Gasteiger partial charge in [-0.2, -0.15) is 0 Å². The summed E-state index contributed by atoms with van der Waals surface area (Å²) >= 11 is 1.44. The van der Waals surface area contributed by atoms with Gasteiger partial charge >= 0.3 is 0 Å². The summed E-state index contributed by atoms with van der Waals surface area (Å²) < 4.78 is 5.38. The summed E-state index contributed by atoms with van der Waals surface area (Å²) in [7, 11) is 1.65. The van der Waals surface area contributed by atoms with E-state index in [-0.39, 0.29) is 17.2 Å². The first-order valence-electron chi connectivity index (χ1n) is 9.08. The Morgan fingerprint density at radius 1 is 1.21 bits per heavy atom. The van der Waals surface area contributed by atoms with Crippen LogP contribution in [0.25, 0.3) is 11.3 Å². The summed E-state index contributed by atoms with van der Waals surface area (Å²) in [6, 6.07) is 16.2. The molecule has 0 unspecified atom stereocenters. The molecule has 0 saturated carbocycles. The van der Waals surface area contributed by atoms with Crippen molar-refractivity contribution in [1.82, 2.24) is 10.1 Å². The smallest absolute Gasteiger partial charge is 0.282 e. The van der Waals surface area contributed by atoms with Crippen molar-refractivity contribution in [1.29, 1.82) is 0 Å². The van der Waals surface area contributed by atoms with Crippen LogP contribution in [-0.2, 0) is 6.42 Å². The molecule has 0 N–H and O–H groups in total. The van der Waals surface area contributed by atoms with Crippen molar-refractivity contribution in [2.75, 3.05) is 19.8 Å². The lowest BCUT2D eigenvalue weighted by molar-refractivity contribution is -0.385. The molecule has 8 heteroatoms. The quantitative estimate of drug-likeness (QED) is 0.304. The van der Waals surface area contributed by atoms with Crippen LogP contribution in [0.3, 0.4) is 0 Å². The predicted molar refractivity (Wildman–Crippen MR) is 112 cm³/mol. The third kappa shape index (κ3) is 5.03. The van der Waals surface area contributed by atoms with Crippen molar-refractivity contribution in [3.63, 3.8) is 0 Å². The summed E-state index contributed by atoms with van der Waals surface area (Å²) in [6.45, 7) is 0.445. The van der Waals surface area contributed by atoms with Crippen molar-refractivity contribution in [2.24, 2.45) is 0 Å². The number of carbonyl (C=O) groups is 1. The van der Waals surface area contributed by atoms with Crippen molar-refractivity contribution in [2.45, 2.75) is 17.7 Å². The maximum Gasteiger partial charge on any atom is 0.282 e. The van der Waals surface area contributed by atoms with Gasteiger partial charge in [0, 0.05) is 42.6 Å². The minimum atomic E-state index is -0.523. The zero-order chi connectivity index (χ0) is 20.8. The molecule has 0 fully saturated rings. The largest absolute Gasteiger partial charge is 0.361 e. The van der Waals surface area contributed by atoms with E-state index >= 15 is 0 Å². The molecule has 0 bridgehead atoms. The number of carbonyl (C=O) groups excluding carboxylic acids is 1. The molecule has 2 aromatic carbocycles. The summed E-state index contributed by atoms with van der Waals surface area (Å²) in [5.74, 6) is 0.371. The van der Waals surface area contributed by atoms with Crippen molar-refractivity contribution < 1.29 is 14.2 Å². The van der Waals surface area contributed by atoms with Gasteiger partial charge in [0.05, 0.1) is 4.92 Å². The monoisotopic (exact) mass is 411 g/mol. The molecule has 1 amide bonds. The van der Waals surface area contributed by atoms with Gasteiger partial charge in [0.1, 0.15) is 17.0 Å². The first-order chi connectivity index (χ1) is 14.0. The molecule has 1 aromatic heterocycles. The number of hydrogen-bond acceptors (Lipinski definition) is 6. The van der Waals surface area contributed by atoms with Crippen LogP contribution >= 0.6 is 11.8 Å². The van der Waals surface area contributed by atoms with Gasteiger partial charge in [-0.1, -0.05) is 35.5 Å². The molecule has 0 aliphatic carbocycles. The number of aromatic nitrogens is 1. The second-order valence-corrected chi connectivity index (χ2v) is 7.39. The van der Waals surface area contributed by atoms with E-state index in [4.69, 9.17) is 4.52 Å². The fourth-order valence-corrected chi connectivity index (χ4v) is 3.39. The average Bonchev–Trinajstić information content (AvgIpc) is 3.22. The van der Waals surface area contributed by atoms with Gasteiger partial charge in [-0.15, -0.1) is 11.8 Å². The minimum Gasteiger partial charge on any atom is -0.361 e. The lowest BCUT2D eigenvalue weighted by Crippen LogP contribution is -2.28. The second kappa shape index (κ2) is 9.38. The molecule has 0 saturated heterocycles. The fraction of sp³-hybridized carbons (Fsp3) is 0.238. The van der Waals surface area contributed by atoms with Crippen molar-refractivity contribution in [3.05, 3.63) is 76.0 Å². The van der Waals surface area contributed by atoms with Gasteiger partial charge in [-0.3, -0.25) is 14.9 Å². The highest BCUT2D eigenvalue weighted by atomic mass is 32.2. The first-order valence-corrected chi connectivity index (χ1v) is 10.3. The highest BCUT2D eigenvalue weighted by Crippen LogP contribution is 2.26. The number of hydrogen-bond donors (Lipinski definition) is 0. The Morgan fingerprint density at radius 2 is 1.97 bits per heavy atom. The zero-order valence-corrected chi connectivity index (χ0v) is 17.0. The maximum atomic E-state index is 12.7. The summed E-state index contributed by atoms with van der Waals surface area (Å²) in [6.07, 6.45) is 3.13. The lowest BCUT2D eigenvalue weighted by Gasteiger charge is -2.17. The SMILES string of the molecule is CSc1ccc([N+](=O)[O-])c(C(=O)N(C)CCCc2cc(-c3ccccc3)no2)c1. The van der Waals surface area contributed by atoms with Crippen LogP contribution in [0.4, 0.5) is 5.69 Å². The molecule has 150 valence electrons. The Labute approximate surface area is 172 Å². The van der Waals surface area contributed by atoms with E-state index in [9.17, 15) is 14.9 Å². The zero-order valence-electron chi connectivity index (χ0n) is 16.2. The van der Waals surface area contributed by atoms with E-state index in [2.05, 4.69) is 5.16 Å². The number of benzene rings is 2. The van der Waals surface area contributed by atoms with Crippen LogP contribution in [0, 0.1) is 10.1 Å². The van der Waals surface area contributed by atoms with E-state index in [1.807, 2.05) is 42.7 Å². The average molecular weight is 411 g/mol. The van der Waals surface area contributed by atoms with E-state index in [0.717, 1.165) is 21.9 Å². The molecule has 0 aliphatic rings. The predicted octanol–water partition coefficient (Wildman–Crippen LogP) is 4.68. The highest BCUT2D eigenvalue weighted by molar-refractivity contribution is 7.98. The molecule has 0 spiro atoms. The fourth-order valence-electron chi connectivity index (χ4n) is 2.95. The van der Waals surface area contributed by atoms with Gasteiger partial charge in [-0.05, 0) is 24.8 Å². The van der Waals surface area contributed by atoms with Crippen molar-refractivity contribution in [3.8, 4) is 11.3 Å². The number of aryl methyl sites for hydroxylation is 1. The Balaban J connectivity index is 1.61. The molecule has 7 nitrogen and oxygen atoms in total. The summed E-state index contributed by atoms with van der Waals surface area (Å²) in [5, 5.41) is 15.4. The second-order valence-electron chi connectivity index (χ2n) is 6.51. The Bertz CT molecular complexity index is 1000. The molecule has 0 radical (unpaired) electrons. The number of thioether (sulfide) groups is 1. The Kier molecular flexibility index (Phi) is 6.66. The standard InChI is InChI=1S/C21H21N3O4S/c1-23(21(25)18-14-17(29-2)10-11-20(18)24(26)27)12-6-9-16-13-19(22-28-16)15-7-4-3-5-8-15/h3-5,7-8,10-11,13-14H,6,9,12H2,1-2H3. The van der Waals surface area contributed by atoms with Crippen LogP contribution in [-0.4, -0.2) is 40.7 Å². The number of amides is 1. The minimum absolute atomic E-state index is 0.107. The normalized spacial score (nSPS) is 10.7. The molecular formula is C21H21N3O4S. The molecule has 29 heavy (non-hydrogen) atoms. The lowest BCUT2D eigenvalue weighted by atomic mass is 10.1. The molecular weight excluding hydrogens is 390 g/mol. The maximum absolute atomic E-state index is 12.7. The number of nitrogens with zero attached hydrogens (tertiary/aromatic N) is 3. The van der Waals surface area contributed by atoms with E-state index in [0.29, 0.717) is 19.4 Å². The Hall–Kier alpha value is -3.13. The third-order valence-corrected chi connectivity index (χ3v) is 5.25. The van der Waals surface area contributed by atoms with E-state index < -0.39 is 4.92 Å². The van der Waals surface area contributed by atoms with Gasteiger partial charge in [-0.25, -0.2) is 0 Å². The first kappa shape index (κ1) is 20.6. The molecule has 0 atom stereocenters. The van der Waals surface area contributed by atoms with Crippen LogP contribution in [0.5, 0.6) is 0 Å². The highest BCUT2D eigenvalue weighted by Gasteiger charge is 2.23. The van der Waals surface area contributed by atoms with Crippen LogP contribution in [0.15, 0.2) is 64.0 Å². The summed E-state index contributed by atoms with van der Waals surface area (Å²) in [4.78, 5) is 25.8. The van der Waals surface area contributed by atoms with Gasteiger partial charge in [0.2, 0.25) is 0 Å². The Morgan fingerprint density at radius 3 is 2.66 bits per heavy atom. The van der Waals surface area contributed by atoms with Gasteiger partial charge in [0.15, 0.2) is 0 Å². The summed E-state index contributed by atoms with van der Waals surface area (Å²) in [5.41, 5.74) is 1.68. The van der Waals surface area contributed by atoms with E-state index in [1.54, 1.807) is 19.2 Å². The topological polar surface area (TPSA) is 89.5 Å². The van der Waals surface area contributed by atoms with Crippen molar-refractivity contribution >= 4 is 23.4 Å². The van der Waals surface area contributed by atoms with Gasteiger partial charge in [0.25, 0.3) is 11.6 Å². The molecule has 3 rings (SSSR count). The van der Waals surface area contributed by atoms with E-state index in [1.165, 1.54) is 22.7 Å². The molecule has 3 aromatic rings. The van der Waals surface area contributed by atoms with Crippen LogP contribution in [0.1, 0.15) is 22.5 Å². The molecule has 1 heterocycles. The number of nitro benzene ring substituents is 1. The molecule has 0 aliphatic heterocycles. The van der Waals surface area contributed by atoms with Crippen LogP contribution < -0.4 is 0 Å². The third-order valence-electron chi connectivity index (χ3n) is 4.52. The number of nitro groups is 1. The van der Waals surface area contributed by atoms with Gasteiger partial charge < -0.3 is 9.42 Å². The van der Waals surface area contributed by atoms with Crippen LogP contribution in [0.2, 0.25) is 0 Å². The number of rotatable bonds is 8.